The molecule has 2 aromatic rings. The van der Waals surface area contributed by atoms with Crippen molar-refractivity contribution in [3.05, 3.63) is 70.0 Å². The van der Waals surface area contributed by atoms with Crippen molar-refractivity contribution >= 4 is 23.2 Å². The molecule has 2 aromatic carbocycles. The van der Waals surface area contributed by atoms with Crippen LogP contribution in [0.5, 0.6) is 5.75 Å². The van der Waals surface area contributed by atoms with Crippen LogP contribution >= 0.6 is 0 Å². The van der Waals surface area contributed by atoms with Gasteiger partial charge in [0.2, 0.25) is 5.78 Å². The molecule has 6 rings (SSSR count). The third-order valence-corrected chi connectivity index (χ3v) is 9.38. The average molecular weight is 590 g/mol. The number of carbonyl (C=O) groups is 3. The smallest absolute Gasteiger partial charge is 0.255 e. The first-order valence-electron chi connectivity index (χ1n) is 14.3. The van der Waals surface area contributed by atoms with Gasteiger partial charge in [-0.1, -0.05) is 30.3 Å². The number of Topliss-reactive ketones (excluding diaryl/α,β-unsaturated/α-hetero) is 2. The van der Waals surface area contributed by atoms with Gasteiger partial charge in [0.25, 0.3) is 5.91 Å². The van der Waals surface area contributed by atoms with Gasteiger partial charge < -0.3 is 30.9 Å². The fraction of sp³-hybridized carbons (Fsp3) is 0.406. The molecule has 1 saturated carbocycles. The Morgan fingerprint density at radius 2 is 1.74 bits per heavy atom. The van der Waals surface area contributed by atoms with Crippen LogP contribution in [0.3, 0.4) is 0 Å². The van der Waals surface area contributed by atoms with E-state index in [0.717, 1.165) is 36.3 Å². The number of likely N-dealkylation sites (N-methyl/N-ethyl adjacent to an activating group) is 1. The summed E-state index contributed by atoms with van der Waals surface area (Å²) >= 11 is 0. The number of benzene rings is 2. The summed E-state index contributed by atoms with van der Waals surface area (Å²) in [6.45, 7) is 3.96. The molecule has 4 atom stereocenters. The highest BCUT2D eigenvalue weighted by atomic mass is 16.5. The third-order valence-electron chi connectivity index (χ3n) is 9.38. The maximum atomic E-state index is 14.0. The Morgan fingerprint density at radius 1 is 1.07 bits per heavy atom. The van der Waals surface area contributed by atoms with E-state index in [9.17, 15) is 34.8 Å². The van der Waals surface area contributed by atoms with Gasteiger partial charge in [-0.25, -0.2) is 0 Å². The number of phenols is 1. The van der Waals surface area contributed by atoms with Gasteiger partial charge in [-0.15, -0.1) is 0 Å². The fourth-order valence-electron chi connectivity index (χ4n) is 7.32. The topological polar surface area (TPSA) is 174 Å². The quantitative estimate of drug-likeness (QED) is 0.321. The van der Waals surface area contributed by atoms with E-state index >= 15 is 0 Å². The van der Waals surface area contributed by atoms with Gasteiger partial charge in [-0.2, -0.15) is 0 Å². The highest BCUT2D eigenvalue weighted by molar-refractivity contribution is 6.24. The normalized spacial score (nSPS) is 27.7. The van der Waals surface area contributed by atoms with Crippen molar-refractivity contribution in [2.24, 2.45) is 17.6 Å². The molecule has 11 heteroatoms. The highest BCUT2D eigenvalue weighted by Gasteiger charge is 2.64. The monoisotopic (exact) mass is 589 g/mol. The SMILES string of the molecule is CN(C)[C@@H]1C(=O)C(C(N)=O)=C(O)[C@@]2(O)C(=O)C3=C(O)c4c(O)ccc(-c5ccc(CN6CCOCC6)cc5)c4CC3CC12. The van der Waals surface area contributed by atoms with E-state index in [2.05, 4.69) is 4.90 Å². The van der Waals surface area contributed by atoms with Crippen molar-refractivity contribution in [3.8, 4) is 16.9 Å². The molecule has 2 unspecified atom stereocenters. The largest absolute Gasteiger partial charge is 0.508 e. The molecule has 0 spiro atoms. The summed E-state index contributed by atoms with van der Waals surface area (Å²) in [4.78, 5) is 43.3. The standard InChI is InChI=1S/C32H35N3O8/c1-34(2)26-21-14-18-13-20-19(17-5-3-16(4-6-17)15-35-9-11-43-12-10-35)7-8-22(36)24(20)27(37)23(18)29(39)32(21,42)30(40)25(28(26)38)31(33)41/h3-8,18,21,26,36-37,40,42H,9-15H2,1-2H3,(H2,33,41)/t18?,21?,26-,32-/m0/s1. The van der Waals surface area contributed by atoms with Crippen molar-refractivity contribution in [2.75, 3.05) is 40.4 Å². The molecule has 2 fully saturated rings. The van der Waals surface area contributed by atoms with Crippen LogP contribution in [0.4, 0.5) is 0 Å². The van der Waals surface area contributed by atoms with Gasteiger partial charge >= 0.3 is 0 Å². The summed E-state index contributed by atoms with van der Waals surface area (Å²) < 4.78 is 5.43. The van der Waals surface area contributed by atoms with E-state index in [-0.39, 0.29) is 29.7 Å². The molecule has 11 nitrogen and oxygen atoms in total. The maximum absolute atomic E-state index is 14.0. The van der Waals surface area contributed by atoms with Crippen LogP contribution in [0.25, 0.3) is 16.9 Å². The molecular formula is C32H35N3O8. The van der Waals surface area contributed by atoms with Crippen molar-refractivity contribution < 1.29 is 39.5 Å². The number of nitrogens with two attached hydrogens (primary N) is 1. The molecule has 43 heavy (non-hydrogen) atoms. The summed E-state index contributed by atoms with van der Waals surface area (Å²) in [7, 11) is 3.15. The number of rotatable bonds is 5. The zero-order chi connectivity index (χ0) is 30.8. The van der Waals surface area contributed by atoms with E-state index in [1.807, 2.05) is 24.3 Å². The molecule has 4 aliphatic rings. The number of aliphatic hydroxyl groups excluding tert-OH is 2. The van der Waals surface area contributed by atoms with E-state index < -0.39 is 58.0 Å². The number of carbonyl (C=O) groups excluding carboxylic acids is 3. The molecule has 1 aliphatic heterocycles. The highest BCUT2D eigenvalue weighted by Crippen LogP contribution is 2.53. The number of hydrogen-bond donors (Lipinski definition) is 5. The molecule has 0 radical (unpaired) electrons. The number of morpholine rings is 1. The lowest BCUT2D eigenvalue weighted by molar-refractivity contribution is -0.153. The zero-order valence-corrected chi connectivity index (χ0v) is 24.0. The first kappa shape index (κ1) is 29.1. The molecule has 1 heterocycles. The van der Waals surface area contributed by atoms with Gasteiger partial charge in [-0.3, -0.25) is 24.2 Å². The fourth-order valence-corrected chi connectivity index (χ4v) is 7.32. The second-order valence-corrected chi connectivity index (χ2v) is 12.0. The van der Waals surface area contributed by atoms with E-state index in [1.54, 1.807) is 20.2 Å². The van der Waals surface area contributed by atoms with Crippen LogP contribution in [0.2, 0.25) is 0 Å². The second-order valence-electron chi connectivity index (χ2n) is 12.0. The predicted octanol–water partition coefficient (Wildman–Crippen LogP) is 1.46. The summed E-state index contributed by atoms with van der Waals surface area (Å²) in [5.41, 5.74) is 5.21. The molecule has 0 aromatic heterocycles. The molecular weight excluding hydrogens is 554 g/mol. The molecule has 226 valence electrons. The number of primary amides is 1. The lowest BCUT2D eigenvalue weighted by Crippen LogP contribution is -2.65. The second kappa shape index (κ2) is 10.6. The summed E-state index contributed by atoms with van der Waals surface area (Å²) in [6.07, 6.45) is 0.271. The van der Waals surface area contributed by atoms with Crippen LogP contribution in [0, 0.1) is 11.8 Å². The number of phenolic OH excluding ortho intramolecular Hbond substituents is 1. The van der Waals surface area contributed by atoms with Crippen LogP contribution in [-0.4, -0.2) is 99.7 Å². The van der Waals surface area contributed by atoms with E-state index in [0.29, 0.717) is 18.8 Å². The lowest BCUT2D eigenvalue weighted by Gasteiger charge is -2.50. The number of aliphatic hydroxyl groups is 3. The maximum Gasteiger partial charge on any atom is 0.255 e. The molecule has 1 saturated heterocycles. The van der Waals surface area contributed by atoms with Crippen molar-refractivity contribution in [1.29, 1.82) is 0 Å². The Hall–Kier alpha value is -4.03. The van der Waals surface area contributed by atoms with Crippen molar-refractivity contribution in [3.63, 3.8) is 0 Å². The molecule has 6 N–H and O–H groups in total. The molecule has 3 aliphatic carbocycles. The van der Waals surface area contributed by atoms with Crippen LogP contribution < -0.4 is 5.73 Å². The number of ether oxygens (including phenoxy) is 1. The minimum atomic E-state index is -2.66. The van der Waals surface area contributed by atoms with Gasteiger partial charge in [0.15, 0.2) is 11.4 Å². The number of aromatic hydroxyl groups is 1. The first-order valence-corrected chi connectivity index (χ1v) is 14.3. The summed E-state index contributed by atoms with van der Waals surface area (Å²) in [5, 5.41) is 45.1. The summed E-state index contributed by atoms with van der Waals surface area (Å²) in [5.74, 6) is -6.66. The van der Waals surface area contributed by atoms with E-state index in [1.165, 1.54) is 11.0 Å². The minimum absolute atomic E-state index is 0.0410. The Kier molecular flexibility index (Phi) is 7.16. The number of amides is 1. The predicted molar refractivity (Wildman–Crippen MR) is 156 cm³/mol. The van der Waals surface area contributed by atoms with Gasteiger partial charge in [-0.05, 0) is 61.2 Å². The van der Waals surface area contributed by atoms with Crippen LogP contribution in [0.15, 0.2) is 53.3 Å². The number of ketones is 2. The number of hydrogen-bond acceptors (Lipinski definition) is 10. The third kappa shape index (κ3) is 4.46. The lowest BCUT2D eigenvalue weighted by atomic mass is 9.57. The first-order chi connectivity index (χ1) is 20.4. The van der Waals surface area contributed by atoms with Crippen LogP contribution in [0.1, 0.15) is 23.1 Å². The Labute approximate surface area is 248 Å². The summed E-state index contributed by atoms with van der Waals surface area (Å²) in [6, 6.07) is 10.1. The Balaban J connectivity index is 1.42. The van der Waals surface area contributed by atoms with Gasteiger partial charge in [0, 0.05) is 31.1 Å². The van der Waals surface area contributed by atoms with Gasteiger partial charge in [0.1, 0.15) is 22.8 Å². The Bertz CT molecular complexity index is 1590. The van der Waals surface area contributed by atoms with E-state index in [4.69, 9.17) is 10.5 Å². The van der Waals surface area contributed by atoms with Crippen LogP contribution in [-0.2, 0) is 32.1 Å². The van der Waals surface area contributed by atoms with Gasteiger partial charge in [0.05, 0.1) is 24.8 Å². The number of nitrogens with zero attached hydrogens (tertiary/aromatic N) is 2. The average Bonchev–Trinajstić information content (AvgIpc) is 2.96. The minimum Gasteiger partial charge on any atom is -0.508 e. The molecule has 0 bridgehead atoms. The number of fused-ring (bicyclic) bond motifs is 3. The van der Waals surface area contributed by atoms with Crippen molar-refractivity contribution in [2.45, 2.75) is 31.0 Å². The molecule has 1 amide bonds. The zero-order valence-electron chi connectivity index (χ0n) is 24.0. The van der Waals surface area contributed by atoms with Crippen molar-refractivity contribution in [1.82, 2.24) is 9.80 Å². The Morgan fingerprint density at radius 3 is 2.37 bits per heavy atom.